The molecule has 7 nitrogen and oxygen atoms in total. The molecule has 150 valence electrons. The smallest absolute Gasteiger partial charge is 0.407 e. The fourth-order valence-corrected chi connectivity index (χ4v) is 4.38. The minimum atomic E-state index is -0.913. The van der Waals surface area contributed by atoms with Gasteiger partial charge in [0.1, 0.15) is 5.69 Å². The van der Waals surface area contributed by atoms with E-state index in [4.69, 9.17) is 0 Å². The van der Waals surface area contributed by atoms with Crippen molar-refractivity contribution in [2.24, 2.45) is 5.92 Å². The predicted octanol–water partition coefficient (Wildman–Crippen LogP) is 3.43. The van der Waals surface area contributed by atoms with Gasteiger partial charge in [0.2, 0.25) is 11.7 Å². The van der Waals surface area contributed by atoms with Gasteiger partial charge in [-0.2, -0.15) is 4.39 Å². The molecular formula is C19H23FN4O3S. The average Bonchev–Trinajstić information content (AvgIpc) is 3.02. The molecule has 3 rings (SSSR count). The number of thiazole rings is 1. The topological polar surface area (TPSA) is 86.6 Å². The van der Waals surface area contributed by atoms with Crippen molar-refractivity contribution >= 4 is 28.3 Å². The van der Waals surface area contributed by atoms with Crippen LogP contribution in [0.4, 0.5) is 14.3 Å². The Kier molecular flexibility index (Phi) is 5.93. The molecule has 28 heavy (non-hydrogen) atoms. The minimum absolute atomic E-state index is 0.101. The Morgan fingerprint density at radius 1 is 1.39 bits per heavy atom. The molecule has 0 saturated carbocycles. The molecular weight excluding hydrogens is 383 g/mol. The zero-order valence-electron chi connectivity index (χ0n) is 16.1. The van der Waals surface area contributed by atoms with E-state index in [1.165, 1.54) is 34.6 Å². The van der Waals surface area contributed by atoms with E-state index < -0.39 is 17.8 Å². The van der Waals surface area contributed by atoms with Crippen molar-refractivity contribution in [3.8, 4) is 0 Å². The van der Waals surface area contributed by atoms with Crippen molar-refractivity contribution in [2.45, 2.75) is 33.2 Å². The van der Waals surface area contributed by atoms with Crippen LogP contribution in [0.5, 0.6) is 0 Å². The van der Waals surface area contributed by atoms with Gasteiger partial charge >= 0.3 is 6.09 Å². The third kappa shape index (κ3) is 4.14. The van der Waals surface area contributed by atoms with Gasteiger partial charge in [-0.3, -0.25) is 4.79 Å². The fourth-order valence-electron chi connectivity index (χ4n) is 3.44. The normalized spacial score (nSPS) is 17.2. The Hall–Kier alpha value is -2.55. The Balaban J connectivity index is 1.83. The van der Waals surface area contributed by atoms with Crippen molar-refractivity contribution in [1.29, 1.82) is 0 Å². The predicted molar refractivity (Wildman–Crippen MR) is 105 cm³/mol. The van der Waals surface area contributed by atoms with E-state index in [9.17, 15) is 19.1 Å². The maximum Gasteiger partial charge on any atom is 0.407 e. The molecule has 3 heterocycles. The fraction of sp³-hybridized carbons (Fsp3) is 0.474. The third-order valence-electron chi connectivity index (χ3n) is 4.75. The van der Waals surface area contributed by atoms with E-state index in [1.54, 1.807) is 6.92 Å². The first-order chi connectivity index (χ1) is 13.3. The van der Waals surface area contributed by atoms with E-state index >= 15 is 0 Å². The van der Waals surface area contributed by atoms with E-state index in [0.717, 1.165) is 6.42 Å². The standard InChI is InChI=1S/C19H23FN4O3S/c1-11(2)9-13-10-23(7-8-24(13)19(26)27)18-22-15(12(3)28-18)16(25)14-5-4-6-21-17(14)20/h4-6,11,13H,7-10H2,1-3H3,(H,26,27)/t13-/m0/s1. The van der Waals surface area contributed by atoms with Crippen LogP contribution in [-0.2, 0) is 0 Å². The summed E-state index contributed by atoms with van der Waals surface area (Å²) >= 11 is 1.37. The maximum absolute atomic E-state index is 13.9. The number of ketones is 1. The summed E-state index contributed by atoms with van der Waals surface area (Å²) < 4.78 is 13.9. The highest BCUT2D eigenvalue weighted by Crippen LogP contribution is 2.30. The first-order valence-electron chi connectivity index (χ1n) is 9.15. The average molecular weight is 406 g/mol. The molecule has 0 unspecified atom stereocenters. The summed E-state index contributed by atoms with van der Waals surface area (Å²) in [5.74, 6) is -0.947. The highest BCUT2D eigenvalue weighted by molar-refractivity contribution is 7.15. The van der Waals surface area contributed by atoms with Gasteiger partial charge in [0.15, 0.2) is 5.13 Å². The van der Waals surface area contributed by atoms with Crippen LogP contribution in [0.1, 0.15) is 41.2 Å². The van der Waals surface area contributed by atoms with E-state index in [-0.39, 0.29) is 17.3 Å². The molecule has 1 saturated heterocycles. The number of anilines is 1. The monoisotopic (exact) mass is 406 g/mol. The second-order valence-corrected chi connectivity index (χ2v) is 8.46. The number of amides is 1. The minimum Gasteiger partial charge on any atom is -0.465 e. The molecule has 1 amide bonds. The van der Waals surface area contributed by atoms with Gasteiger partial charge in [0, 0.05) is 30.7 Å². The number of piperazine rings is 1. The van der Waals surface area contributed by atoms with Crippen LogP contribution in [0.3, 0.4) is 0 Å². The summed E-state index contributed by atoms with van der Waals surface area (Å²) in [4.78, 5) is 36.4. The lowest BCUT2D eigenvalue weighted by Crippen LogP contribution is -2.55. The van der Waals surface area contributed by atoms with Gasteiger partial charge in [-0.25, -0.2) is 14.8 Å². The summed E-state index contributed by atoms with van der Waals surface area (Å²) in [6.07, 6.45) is 1.13. The van der Waals surface area contributed by atoms with Crippen LogP contribution in [0, 0.1) is 18.8 Å². The zero-order valence-corrected chi connectivity index (χ0v) is 16.9. The van der Waals surface area contributed by atoms with Crippen LogP contribution in [0.15, 0.2) is 18.3 Å². The molecule has 0 bridgehead atoms. The van der Waals surface area contributed by atoms with Crippen molar-refractivity contribution in [3.05, 3.63) is 40.4 Å². The second kappa shape index (κ2) is 8.22. The number of hydrogen-bond acceptors (Lipinski definition) is 6. The summed E-state index contributed by atoms with van der Waals surface area (Å²) in [5, 5.41) is 10.1. The van der Waals surface area contributed by atoms with Crippen LogP contribution in [-0.4, -0.2) is 57.5 Å². The molecule has 2 aromatic rings. The number of rotatable bonds is 5. The second-order valence-electron chi connectivity index (χ2n) is 7.28. The van der Waals surface area contributed by atoms with E-state index in [2.05, 4.69) is 23.8 Å². The Labute approximate surface area is 166 Å². The summed E-state index contributed by atoms with van der Waals surface area (Å²) in [5.41, 5.74) is 0.115. The van der Waals surface area contributed by atoms with Crippen molar-refractivity contribution in [3.63, 3.8) is 0 Å². The molecule has 1 atom stereocenters. The van der Waals surface area contributed by atoms with Gasteiger partial charge in [-0.1, -0.05) is 13.8 Å². The van der Waals surface area contributed by atoms with Crippen LogP contribution in [0.2, 0.25) is 0 Å². The molecule has 9 heteroatoms. The Morgan fingerprint density at radius 2 is 2.14 bits per heavy atom. The van der Waals surface area contributed by atoms with E-state index in [0.29, 0.717) is 35.6 Å². The Morgan fingerprint density at radius 3 is 2.79 bits per heavy atom. The molecule has 1 N–H and O–H groups in total. The molecule has 0 radical (unpaired) electrons. The number of nitrogens with zero attached hydrogens (tertiary/aromatic N) is 4. The third-order valence-corrected chi connectivity index (χ3v) is 5.78. The van der Waals surface area contributed by atoms with Gasteiger partial charge in [0.05, 0.1) is 11.6 Å². The SMILES string of the molecule is Cc1sc(N2CCN(C(=O)O)[C@@H](CC(C)C)C2)nc1C(=O)c1cccnc1F. The lowest BCUT2D eigenvalue weighted by Gasteiger charge is -2.40. The first-order valence-corrected chi connectivity index (χ1v) is 9.96. The van der Waals surface area contributed by atoms with Crippen molar-refractivity contribution < 1.29 is 19.1 Å². The number of carbonyl (C=O) groups excluding carboxylic acids is 1. The number of halogens is 1. The molecule has 0 spiro atoms. The molecule has 0 aliphatic carbocycles. The quantitative estimate of drug-likeness (QED) is 0.605. The van der Waals surface area contributed by atoms with Crippen LogP contribution in [0.25, 0.3) is 0 Å². The number of hydrogen-bond donors (Lipinski definition) is 1. The molecule has 1 aliphatic heterocycles. The summed E-state index contributed by atoms with van der Waals surface area (Å²) in [7, 11) is 0. The van der Waals surface area contributed by atoms with Gasteiger partial charge < -0.3 is 14.9 Å². The summed E-state index contributed by atoms with van der Waals surface area (Å²) in [6.45, 7) is 7.31. The molecule has 1 aliphatic rings. The molecule has 0 aromatic carbocycles. The number of carboxylic acid groups (broad SMARTS) is 1. The molecule has 2 aromatic heterocycles. The highest BCUT2D eigenvalue weighted by Gasteiger charge is 2.32. The Bertz CT molecular complexity index is 886. The summed E-state index contributed by atoms with van der Waals surface area (Å²) in [6, 6.07) is 2.78. The van der Waals surface area contributed by atoms with E-state index in [1.807, 2.05) is 4.90 Å². The largest absolute Gasteiger partial charge is 0.465 e. The number of carbonyl (C=O) groups is 2. The zero-order chi connectivity index (χ0) is 20.4. The van der Waals surface area contributed by atoms with Gasteiger partial charge in [-0.15, -0.1) is 11.3 Å². The first kappa shape index (κ1) is 20.2. The van der Waals surface area contributed by atoms with Crippen LogP contribution < -0.4 is 4.90 Å². The molecule has 1 fully saturated rings. The number of aromatic nitrogens is 2. The van der Waals surface area contributed by atoms with Crippen molar-refractivity contribution in [1.82, 2.24) is 14.9 Å². The van der Waals surface area contributed by atoms with Crippen molar-refractivity contribution in [2.75, 3.05) is 24.5 Å². The lowest BCUT2D eigenvalue weighted by atomic mass is 10.0. The van der Waals surface area contributed by atoms with Crippen LogP contribution >= 0.6 is 11.3 Å². The van der Waals surface area contributed by atoms with Gasteiger partial charge in [-0.05, 0) is 31.4 Å². The lowest BCUT2D eigenvalue weighted by molar-refractivity contribution is 0.102. The van der Waals surface area contributed by atoms with Gasteiger partial charge in [0.25, 0.3) is 0 Å². The highest BCUT2D eigenvalue weighted by atomic mass is 32.1. The number of aryl methyl sites for hydroxylation is 1. The number of pyridine rings is 1. The maximum atomic E-state index is 13.9.